The highest BCUT2D eigenvalue weighted by molar-refractivity contribution is 6.07. The third-order valence-corrected chi connectivity index (χ3v) is 2.73. The lowest BCUT2D eigenvalue weighted by atomic mass is 10.2. The Balaban J connectivity index is 2.20. The van der Waals surface area contributed by atoms with Gasteiger partial charge in [0.15, 0.2) is 5.69 Å². The number of nitrogens with one attached hydrogen (secondary N) is 1. The molecule has 0 saturated carbocycles. The molecular weight excluding hydrogens is 272 g/mol. The Hall–Kier alpha value is -2.96. The fraction of sp³-hybridized carbons (Fsp3) is 0.143. The van der Waals surface area contributed by atoms with Crippen molar-refractivity contribution in [2.24, 2.45) is 0 Å². The molecule has 2 aromatic heterocycles. The maximum Gasteiger partial charge on any atom is 0.356 e. The SMILES string of the molecule is CN(C)c1ccc(C(=O)Nc2cccnc2C(=O)O)cn1. The Morgan fingerprint density at radius 1 is 1.19 bits per heavy atom. The van der Waals surface area contributed by atoms with Crippen LogP contribution in [0.4, 0.5) is 11.5 Å². The second kappa shape index (κ2) is 6.00. The number of hydrogen-bond donors (Lipinski definition) is 2. The molecule has 2 rings (SSSR count). The number of aromatic nitrogens is 2. The Morgan fingerprint density at radius 3 is 2.52 bits per heavy atom. The van der Waals surface area contributed by atoms with Crippen molar-refractivity contribution >= 4 is 23.4 Å². The molecule has 0 aliphatic carbocycles. The zero-order valence-electron chi connectivity index (χ0n) is 11.6. The van der Waals surface area contributed by atoms with Gasteiger partial charge in [0, 0.05) is 26.5 Å². The molecular formula is C14H14N4O3. The average Bonchev–Trinajstić information content (AvgIpc) is 2.47. The molecule has 7 nitrogen and oxygen atoms in total. The number of carboxylic acid groups (broad SMARTS) is 1. The van der Waals surface area contributed by atoms with Crippen LogP contribution in [-0.4, -0.2) is 41.0 Å². The zero-order valence-corrected chi connectivity index (χ0v) is 11.6. The Bertz CT molecular complexity index is 668. The summed E-state index contributed by atoms with van der Waals surface area (Å²) >= 11 is 0. The normalized spacial score (nSPS) is 10.0. The maximum atomic E-state index is 12.1. The van der Waals surface area contributed by atoms with Crippen molar-refractivity contribution in [3.8, 4) is 0 Å². The van der Waals surface area contributed by atoms with Crippen LogP contribution in [0.1, 0.15) is 20.8 Å². The maximum absolute atomic E-state index is 12.1. The molecule has 0 aliphatic heterocycles. The summed E-state index contributed by atoms with van der Waals surface area (Å²) in [7, 11) is 3.69. The zero-order chi connectivity index (χ0) is 15.4. The Morgan fingerprint density at radius 2 is 1.95 bits per heavy atom. The van der Waals surface area contributed by atoms with Gasteiger partial charge in [0.25, 0.3) is 5.91 Å². The molecule has 2 aromatic rings. The van der Waals surface area contributed by atoms with Gasteiger partial charge in [-0.15, -0.1) is 0 Å². The molecule has 2 N–H and O–H groups in total. The van der Waals surface area contributed by atoms with E-state index in [4.69, 9.17) is 5.11 Å². The summed E-state index contributed by atoms with van der Waals surface area (Å²) in [6, 6.07) is 6.36. The number of nitrogens with zero attached hydrogens (tertiary/aromatic N) is 3. The Kier molecular flexibility index (Phi) is 4.13. The van der Waals surface area contributed by atoms with Gasteiger partial charge in [0.2, 0.25) is 0 Å². The molecule has 0 aromatic carbocycles. The summed E-state index contributed by atoms with van der Waals surface area (Å²) < 4.78 is 0. The first-order chi connectivity index (χ1) is 9.99. The standard InChI is InChI=1S/C14H14N4O3/c1-18(2)11-6-5-9(8-16-11)13(19)17-10-4-3-7-15-12(10)14(20)21/h3-8H,1-2H3,(H,17,19)(H,20,21). The van der Waals surface area contributed by atoms with Gasteiger partial charge >= 0.3 is 5.97 Å². The van der Waals surface area contributed by atoms with Gasteiger partial charge in [0.05, 0.1) is 11.3 Å². The lowest BCUT2D eigenvalue weighted by Gasteiger charge is -2.11. The molecule has 0 atom stereocenters. The highest BCUT2D eigenvalue weighted by Gasteiger charge is 2.14. The van der Waals surface area contributed by atoms with Crippen LogP contribution < -0.4 is 10.2 Å². The minimum absolute atomic E-state index is 0.145. The van der Waals surface area contributed by atoms with Gasteiger partial charge in [0.1, 0.15) is 5.82 Å². The van der Waals surface area contributed by atoms with Gasteiger partial charge in [-0.05, 0) is 24.3 Å². The molecule has 0 unspecified atom stereocenters. The average molecular weight is 286 g/mol. The number of hydrogen-bond acceptors (Lipinski definition) is 5. The highest BCUT2D eigenvalue weighted by Crippen LogP contribution is 2.14. The molecule has 1 amide bonds. The first-order valence-corrected chi connectivity index (χ1v) is 6.12. The van der Waals surface area contributed by atoms with Crippen molar-refractivity contribution in [1.29, 1.82) is 0 Å². The van der Waals surface area contributed by atoms with E-state index in [-0.39, 0.29) is 11.4 Å². The van der Waals surface area contributed by atoms with Gasteiger partial charge in [-0.2, -0.15) is 0 Å². The second-order valence-electron chi connectivity index (χ2n) is 4.46. The van der Waals surface area contributed by atoms with Crippen LogP contribution in [0.15, 0.2) is 36.7 Å². The molecule has 0 saturated heterocycles. The van der Waals surface area contributed by atoms with E-state index in [0.717, 1.165) is 5.82 Å². The van der Waals surface area contributed by atoms with Crippen LogP contribution in [-0.2, 0) is 0 Å². The summed E-state index contributed by atoms with van der Waals surface area (Å²) in [5.41, 5.74) is 0.274. The van der Waals surface area contributed by atoms with Crippen molar-refractivity contribution in [3.63, 3.8) is 0 Å². The highest BCUT2D eigenvalue weighted by atomic mass is 16.4. The second-order valence-corrected chi connectivity index (χ2v) is 4.46. The van der Waals surface area contributed by atoms with Crippen molar-refractivity contribution < 1.29 is 14.7 Å². The molecule has 0 radical (unpaired) electrons. The number of carboxylic acids is 1. The predicted octanol–water partition coefficient (Wildman–Crippen LogP) is 1.49. The van der Waals surface area contributed by atoms with Gasteiger partial charge in [-0.25, -0.2) is 14.8 Å². The predicted molar refractivity (Wildman–Crippen MR) is 77.7 cm³/mol. The van der Waals surface area contributed by atoms with Crippen molar-refractivity contribution in [1.82, 2.24) is 9.97 Å². The van der Waals surface area contributed by atoms with E-state index in [9.17, 15) is 9.59 Å². The van der Waals surface area contributed by atoms with Crippen LogP contribution >= 0.6 is 0 Å². The monoisotopic (exact) mass is 286 g/mol. The number of amides is 1. The summed E-state index contributed by atoms with van der Waals surface area (Å²) in [6.45, 7) is 0. The van der Waals surface area contributed by atoms with Crippen molar-refractivity contribution in [3.05, 3.63) is 47.9 Å². The van der Waals surface area contributed by atoms with E-state index in [0.29, 0.717) is 5.56 Å². The third kappa shape index (κ3) is 3.33. The fourth-order valence-electron chi connectivity index (χ4n) is 1.66. The Labute approximate surface area is 121 Å². The summed E-state index contributed by atoms with van der Waals surface area (Å²) in [5, 5.41) is 11.5. The van der Waals surface area contributed by atoms with Gasteiger partial charge < -0.3 is 15.3 Å². The molecule has 0 aliphatic rings. The number of anilines is 2. The summed E-state index contributed by atoms with van der Waals surface area (Å²) in [5.74, 6) is -0.922. The van der Waals surface area contributed by atoms with Crippen molar-refractivity contribution in [2.75, 3.05) is 24.3 Å². The smallest absolute Gasteiger partial charge is 0.356 e. The van der Waals surface area contributed by atoms with E-state index in [1.165, 1.54) is 18.5 Å². The number of pyridine rings is 2. The van der Waals surface area contributed by atoms with Crippen LogP contribution in [0, 0.1) is 0 Å². The van der Waals surface area contributed by atoms with E-state index in [2.05, 4.69) is 15.3 Å². The van der Waals surface area contributed by atoms with Gasteiger partial charge in [-0.3, -0.25) is 4.79 Å². The third-order valence-electron chi connectivity index (χ3n) is 2.73. The molecule has 2 heterocycles. The quantitative estimate of drug-likeness (QED) is 0.884. The first kappa shape index (κ1) is 14.4. The van der Waals surface area contributed by atoms with E-state index in [1.807, 2.05) is 19.0 Å². The van der Waals surface area contributed by atoms with Crippen molar-refractivity contribution in [2.45, 2.75) is 0 Å². The molecule has 7 heteroatoms. The van der Waals surface area contributed by atoms with Crippen LogP contribution in [0.5, 0.6) is 0 Å². The number of carbonyl (C=O) groups excluding carboxylic acids is 1. The molecule has 108 valence electrons. The molecule has 0 bridgehead atoms. The number of rotatable bonds is 4. The van der Waals surface area contributed by atoms with E-state index < -0.39 is 11.9 Å². The fourth-order valence-corrected chi connectivity index (χ4v) is 1.66. The summed E-state index contributed by atoms with van der Waals surface area (Å²) in [6.07, 6.45) is 2.79. The minimum atomic E-state index is -1.20. The molecule has 0 spiro atoms. The van der Waals surface area contributed by atoms with Gasteiger partial charge in [-0.1, -0.05) is 0 Å². The largest absolute Gasteiger partial charge is 0.476 e. The van der Waals surface area contributed by atoms with E-state index in [1.54, 1.807) is 18.2 Å². The van der Waals surface area contributed by atoms with Crippen LogP contribution in [0.25, 0.3) is 0 Å². The minimum Gasteiger partial charge on any atom is -0.476 e. The number of aromatic carboxylic acids is 1. The lowest BCUT2D eigenvalue weighted by Crippen LogP contribution is -2.16. The first-order valence-electron chi connectivity index (χ1n) is 6.12. The van der Waals surface area contributed by atoms with E-state index >= 15 is 0 Å². The lowest BCUT2D eigenvalue weighted by molar-refractivity contribution is 0.0691. The molecule has 0 fully saturated rings. The van der Waals surface area contributed by atoms with Crippen LogP contribution in [0.2, 0.25) is 0 Å². The summed E-state index contributed by atoms with van der Waals surface area (Å²) in [4.78, 5) is 32.8. The van der Waals surface area contributed by atoms with Crippen LogP contribution in [0.3, 0.4) is 0 Å². The molecule has 21 heavy (non-hydrogen) atoms. The topological polar surface area (TPSA) is 95.4 Å². The number of carbonyl (C=O) groups is 2.